The second-order valence-corrected chi connectivity index (χ2v) is 7.75. The van der Waals surface area contributed by atoms with Crippen molar-refractivity contribution in [1.82, 2.24) is 14.9 Å². The molecule has 4 rings (SSSR count). The Bertz CT molecular complexity index is 722. The van der Waals surface area contributed by atoms with Gasteiger partial charge in [-0.25, -0.2) is 9.97 Å². The Labute approximate surface area is 151 Å². The third-order valence-corrected chi connectivity index (χ3v) is 5.78. The summed E-state index contributed by atoms with van der Waals surface area (Å²) in [6, 6.07) is 11.7. The molecule has 1 unspecified atom stereocenters. The van der Waals surface area contributed by atoms with Crippen molar-refractivity contribution < 1.29 is 0 Å². The summed E-state index contributed by atoms with van der Waals surface area (Å²) < 4.78 is 0. The molecule has 0 bridgehead atoms. The van der Waals surface area contributed by atoms with E-state index in [9.17, 15) is 0 Å². The van der Waals surface area contributed by atoms with E-state index in [1.165, 1.54) is 61.2 Å². The number of aromatic nitrogens is 2. The lowest BCUT2D eigenvalue weighted by molar-refractivity contribution is 0.319. The fourth-order valence-electron chi connectivity index (χ4n) is 4.27. The fraction of sp³-hybridized carbons (Fsp3) is 0.545. The number of hydrogen-bond acceptors (Lipinski definition) is 3. The van der Waals surface area contributed by atoms with Crippen molar-refractivity contribution in [3.8, 4) is 0 Å². The summed E-state index contributed by atoms with van der Waals surface area (Å²) in [7, 11) is 2.27. The van der Waals surface area contributed by atoms with Gasteiger partial charge in [0.1, 0.15) is 5.82 Å². The first kappa shape index (κ1) is 16.7. The first-order chi connectivity index (χ1) is 12.2. The van der Waals surface area contributed by atoms with E-state index >= 15 is 0 Å². The third kappa shape index (κ3) is 3.77. The highest BCUT2D eigenvalue weighted by molar-refractivity contribution is 5.38. The number of rotatable bonds is 6. The van der Waals surface area contributed by atoms with Crippen LogP contribution in [0.2, 0.25) is 0 Å². The van der Waals surface area contributed by atoms with Gasteiger partial charge in [0.25, 0.3) is 0 Å². The molecule has 1 heterocycles. The van der Waals surface area contributed by atoms with Crippen LogP contribution < -0.4 is 0 Å². The van der Waals surface area contributed by atoms with Gasteiger partial charge >= 0.3 is 0 Å². The summed E-state index contributed by atoms with van der Waals surface area (Å²) in [6.45, 7) is 3.24. The molecule has 3 nitrogen and oxygen atoms in total. The predicted octanol–water partition coefficient (Wildman–Crippen LogP) is 4.28. The lowest BCUT2D eigenvalue weighted by Crippen LogP contribution is -2.23. The highest BCUT2D eigenvalue weighted by atomic mass is 15.1. The zero-order valence-electron chi connectivity index (χ0n) is 15.5. The van der Waals surface area contributed by atoms with Crippen LogP contribution in [0.4, 0.5) is 0 Å². The molecule has 132 valence electrons. The van der Waals surface area contributed by atoms with E-state index in [1.807, 2.05) is 0 Å². The lowest BCUT2D eigenvalue weighted by Gasteiger charge is -2.27. The van der Waals surface area contributed by atoms with Gasteiger partial charge in [0.05, 0.1) is 5.69 Å². The molecule has 0 saturated heterocycles. The Balaban J connectivity index is 1.55. The number of aryl methyl sites for hydroxylation is 2. The molecule has 3 heteroatoms. The molecule has 2 aliphatic carbocycles. The molecule has 1 aromatic carbocycles. The van der Waals surface area contributed by atoms with E-state index in [2.05, 4.69) is 49.2 Å². The molecule has 1 fully saturated rings. The van der Waals surface area contributed by atoms with Gasteiger partial charge in [-0.3, -0.25) is 0 Å². The van der Waals surface area contributed by atoms with Crippen molar-refractivity contribution in [3.63, 3.8) is 0 Å². The topological polar surface area (TPSA) is 29.0 Å². The number of fused-ring (bicyclic) bond motifs is 1. The zero-order valence-corrected chi connectivity index (χ0v) is 15.5. The third-order valence-electron chi connectivity index (χ3n) is 5.78. The Morgan fingerprint density at radius 2 is 1.88 bits per heavy atom. The molecule has 0 radical (unpaired) electrons. The van der Waals surface area contributed by atoms with Crippen LogP contribution >= 0.6 is 0 Å². The molecule has 1 saturated carbocycles. The summed E-state index contributed by atoms with van der Waals surface area (Å²) in [4.78, 5) is 12.3. The van der Waals surface area contributed by atoms with Gasteiger partial charge in [-0.15, -0.1) is 0 Å². The average Bonchev–Trinajstić information content (AvgIpc) is 3.47. The summed E-state index contributed by atoms with van der Waals surface area (Å²) >= 11 is 0. The molecule has 0 N–H and O–H groups in total. The highest BCUT2D eigenvalue weighted by Gasteiger charge is 2.27. The van der Waals surface area contributed by atoms with Gasteiger partial charge < -0.3 is 4.90 Å². The van der Waals surface area contributed by atoms with E-state index in [4.69, 9.17) is 9.97 Å². The molecule has 0 aliphatic heterocycles. The quantitative estimate of drug-likeness (QED) is 0.789. The maximum absolute atomic E-state index is 4.89. The lowest BCUT2D eigenvalue weighted by atomic mass is 9.81. The van der Waals surface area contributed by atoms with Crippen LogP contribution in [0.1, 0.15) is 66.4 Å². The van der Waals surface area contributed by atoms with E-state index in [0.29, 0.717) is 5.92 Å². The molecule has 2 aromatic rings. The number of hydrogen-bond donors (Lipinski definition) is 0. The summed E-state index contributed by atoms with van der Waals surface area (Å²) in [6.07, 6.45) is 8.66. The highest BCUT2D eigenvalue weighted by Crippen LogP contribution is 2.36. The van der Waals surface area contributed by atoms with E-state index < -0.39 is 0 Å². The minimum Gasteiger partial charge on any atom is -0.303 e. The SMILES string of the molecule is Cc1nc(CCCN(C)C2CC2)c2c(n1)C(c1ccccc1)CCC2. The smallest absolute Gasteiger partial charge is 0.125 e. The molecular weight excluding hydrogens is 306 g/mol. The summed E-state index contributed by atoms with van der Waals surface area (Å²) in [5, 5.41) is 0. The first-order valence-corrected chi connectivity index (χ1v) is 9.84. The van der Waals surface area contributed by atoms with E-state index in [1.54, 1.807) is 0 Å². The molecule has 25 heavy (non-hydrogen) atoms. The van der Waals surface area contributed by atoms with Crippen molar-refractivity contribution in [2.45, 2.75) is 63.8 Å². The standard InChI is InChI=1S/C22H29N3/c1-16-23-21(12-7-15-25(2)18-13-14-18)20-11-6-10-19(22(20)24-16)17-8-4-3-5-9-17/h3-5,8-9,18-19H,6-7,10-15H2,1-2H3. The van der Waals surface area contributed by atoms with Gasteiger partial charge in [-0.05, 0) is 76.6 Å². The maximum Gasteiger partial charge on any atom is 0.125 e. The van der Waals surface area contributed by atoms with Crippen LogP contribution in [0.25, 0.3) is 0 Å². The van der Waals surface area contributed by atoms with Crippen molar-refractivity contribution in [2.75, 3.05) is 13.6 Å². The largest absolute Gasteiger partial charge is 0.303 e. The monoisotopic (exact) mass is 335 g/mol. The molecule has 0 spiro atoms. The summed E-state index contributed by atoms with van der Waals surface area (Å²) in [5.74, 6) is 1.38. The van der Waals surface area contributed by atoms with Gasteiger partial charge in [0.2, 0.25) is 0 Å². The van der Waals surface area contributed by atoms with Crippen molar-refractivity contribution in [2.24, 2.45) is 0 Å². The van der Waals surface area contributed by atoms with Crippen LogP contribution in [0.5, 0.6) is 0 Å². The normalized spacial score (nSPS) is 19.9. The maximum atomic E-state index is 4.89. The average molecular weight is 335 g/mol. The minimum atomic E-state index is 0.444. The molecule has 0 amide bonds. The van der Waals surface area contributed by atoms with E-state index in [0.717, 1.165) is 24.7 Å². The van der Waals surface area contributed by atoms with Crippen LogP contribution in [-0.2, 0) is 12.8 Å². The van der Waals surface area contributed by atoms with Gasteiger partial charge in [-0.1, -0.05) is 30.3 Å². The molecule has 2 aliphatic rings. The van der Waals surface area contributed by atoms with Crippen molar-refractivity contribution >= 4 is 0 Å². The Kier molecular flexibility index (Phi) is 4.85. The Morgan fingerprint density at radius 1 is 1.08 bits per heavy atom. The van der Waals surface area contributed by atoms with Gasteiger partial charge in [0.15, 0.2) is 0 Å². The van der Waals surface area contributed by atoms with Gasteiger partial charge in [0, 0.05) is 17.7 Å². The minimum absolute atomic E-state index is 0.444. The van der Waals surface area contributed by atoms with Crippen LogP contribution in [0, 0.1) is 6.92 Å². The molecule has 1 aromatic heterocycles. The zero-order chi connectivity index (χ0) is 17.2. The Hall–Kier alpha value is -1.74. The van der Waals surface area contributed by atoms with Crippen LogP contribution in [-0.4, -0.2) is 34.5 Å². The summed E-state index contributed by atoms with van der Waals surface area (Å²) in [5.41, 5.74) is 5.46. The van der Waals surface area contributed by atoms with Crippen molar-refractivity contribution in [3.05, 3.63) is 58.7 Å². The van der Waals surface area contributed by atoms with E-state index in [-0.39, 0.29) is 0 Å². The van der Waals surface area contributed by atoms with Crippen molar-refractivity contribution in [1.29, 1.82) is 0 Å². The Morgan fingerprint density at radius 3 is 2.64 bits per heavy atom. The van der Waals surface area contributed by atoms with Crippen LogP contribution in [0.15, 0.2) is 30.3 Å². The first-order valence-electron chi connectivity index (χ1n) is 9.84. The molecule has 1 atom stereocenters. The second kappa shape index (κ2) is 7.25. The number of benzene rings is 1. The van der Waals surface area contributed by atoms with Crippen LogP contribution in [0.3, 0.4) is 0 Å². The van der Waals surface area contributed by atoms with Gasteiger partial charge in [-0.2, -0.15) is 0 Å². The predicted molar refractivity (Wildman–Crippen MR) is 102 cm³/mol. The second-order valence-electron chi connectivity index (χ2n) is 7.75. The fourth-order valence-corrected chi connectivity index (χ4v) is 4.27. The molecular formula is C22H29N3. The number of nitrogens with zero attached hydrogens (tertiary/aromatic N) is 3.